The van der Waals surface area contributed by atoms with Crippen molar-refractivity contribution in [2.75, 3.05) is 0 Å². The molecule has 6 nitrogen and oxygen atoms in total. The quantitative estimate of drug-likeness (QED) is 0.772. The van der Waals surface area contributed by atoms with Gasteiger partial charge < -0.3 is 9.84 Å². The zero-order valence-corrected chi connectivity index (χ0v) is 13.1. The molecule has 2 heterocycles. The molecule has 0 aliphatic heterocycles. The highest BCUT2D eigenvalue weighted by Gasteiger charge is 2.48. The fourth-order valence-electron chi connectivity index (χ4n) is 2.72. The summed E-state index contributed by atoms with van der Waals surface area (Å²) in [5.74, 6) is -0.519. The van der Waals surface area contributed by atoms with Crippen LogP contribution in [0.3, 0.4) is 0 Å². The first-order valence-electron chi connectivity index (χ1n) is 7.76. The molecular formula is C18H14FN3O3. The molecule has 0 spiro atoms. The number of carbonyl (C=O) groups is 1. The molecule has 4 rings (SSSR count). The van der Waals surface area contributed by atoms with Gasteiger partial charge >= 0.3 is 5.97 Å². The molecule has 3 aromatic rings. The Morgan fingerprint density at radius 1 is 1.16 bits per heavy atom. The van der Waals surface area contributed by atoms with Crippen LogP contribution in [0.5, 0.6) is 5.88 Å². The lowest BCUT2D eigenvalue weighted by molar-refractivity contribution is 0.0696. The summed E-state index contributed by atoms with van der Waals surface area (Å²) in [4.78, 5) is 15.3. The van der Waals surface area contributed by atoms with Crippen LogP contribution in [0.1, 0.15) is 28.8 Å². The van der Waals surface area contributed by atoms with E-state index in [0.717, 1.165) is 18.4 Å². The molecule has 0 atom stereocenters. The Morgan fingerprint density at radius 3 is 2.60 bits per heavy atom. The second-order valence-corrected chi connectivity index (χ2v) is 5.89. The number of hydrogen-bond donors (Lipinski definition) is 1. The molecule has 0 unspecified atom stereocenters. The molecule has 126 valence electrons. The SMILES string of the molecule is O=C(O)c1ccnc(-n2nccc2OC2(c3ccc(F)cc3)CC2)c1. The van der Waals surface area contributed by atoms with E-state index >= 15 is 0 Å². The zero-order chi connectivity index (χ0) is 17.4. The van der Waals surface area contributed by atoms with Gasteiger partial charge in [0.05, 0.1) is 11.8 Å². The van der Waals surface area contributed by atoms with Crippen molar-refractivity contribution in [3.8, 4) is 11.7 Å². The van der Waals surface area contributed by atoms with Gasteiger partial charge in [-0.3, -0.25) is 0 Å². The van der Waals surface area contributed by atoms with Crippen LogP contribution in [0.25, 0.3) is 5.82 Å². The number of hydrogen-bond acceptors (Lipinski definition) is 4. The molecule has 2 aromatic heterocycles. The van der Waals surface area contributed by atoms with Gasteiger partial charge in [0, 0.05) is 12.3 Å². The van der Waals surface area contributed by atoms with Crippen molar-refractivity contribution >= 4 is 5.97 Å². The standard InChI is InChI=1S/C18H14FN3O3/c19-14-3-1-13(2-4-14)18(7-8-18)25-16-6-10-21-22(16)15-11-12(17(23)24)5-9-20-15/h1-6,9-11H,7-8H2,(H,23,24). The van der Waals surface area contributed by atoms with Gasteiger partial charge in [0.2, 0.25) is 5.88 Å². The molecule has 1 aliphatic carbocycles. The molecule has 0 bridgehead atoms. The first kappa shape index (κ1) is 15.3. The minimum absolute atomic E-state index is 0.117. The Bertz CT molecular complexity index is 933. The molecule has 0 saturated heterocycles. The molecule has 0 amide bonds. The second kappa shape index (κ2) is 5.70. The van der Waals surface area contributed by atoms with Crippen molar-refractivity contribution in [3.63, 3.8) is 0 Å². The highest BCUT2D eigenvalue weighted by atomic mass is 19.1. The van der Waals surface area contributed by atoms with Gasteiger partial charge in [0.25, 0.3) is 0 Å². The third kappa shape index (κ3) is 2.84. The van der Waals surface area contributed by atoms with Crippen LogP contribution >= 0.6 is 0 Å². The zero-order valence-electron chi connectivity index (χ0n) is 13.1. The minimum atomic E-state index is -1.04. The predicted octanol–water partition coefficient (Wildman–Crippen LogP) is 3.17. The van der Waals surface area contributed by atoms with Crippen LogP contribution in [-0.4, -0.2) is 25.8 Å². The summed E-state index contributed by atoms with van der Waals surface area (Å²) in [6, 6.07) is 10.8. The number of halogens is 1. The van der Waals surface area contributed by atoms with Crippen molar-refractivity contribution in [1.29, 1.82) is 0 Å². The highest BCUT2D eigenvalue weighted by molar-refractivity contribution is 5.87. The number of aromatic carboxylic acids is 1. The number of aromatic nitrogens is 3. The van der Waals surface area contributed by atoms with Crippen molar-refractivity contribution in [2.24, 2.45) is 0 Å². The first-order chi connectivity index (χ1) is 12.1. The van der Waals surface area contributed by atoms with E-state index in [1.807, 2.05) is 0 Å². The average Bonchev–Trinajstić information content (AvgIpc) is 3.25. The number of rotatable bonds is 5. The van der Waals surface area contributed by atoms with Crippen molar-refractivity contribution in [3.05, 3.63) is 71.8 Å². The maximum Gasteiger partial charge on any atom is 0.335 e. The van der Waals surface area contributed by atoms with Crippen molar-refractivity contribution in [2.45, 2.75) is 18.4 Å². The molecule has 25 heavy (non-hydrogen) atoms. The largest absolute Gasteiger partial charge is 0.478 e. The highest BCUT2D eigenvalue weighted by Crippen LogP contribution is 2.49. The van der Waals surface area contributed by atoms with E-state index in [0.29, 0.717) is 11.7 Å². The predicted molar refractivity (Wildman–Crippen MR) is 86.3 cm³/mol. The van der Waals surface area contributed by atoms with Gasteiger partial charge in [-0.05, 0) is 42.7 Å². The molecule has 7 heteroatoms. The van der Waals surface area contributed by atoms with E-state index in [9.17, 15) is 9.18 Å². The van der Waals surface area contributed by atoms with E-state index in [2.05, 4.69) is 10.1 Å². The lowest BCUT2D eigenvalue weighted by Crippen LogP contribution is -2.18. The lowest BCUT2D eigenvalue weighted by Gasteiger charge is -2.19. The Hall–Kier alpha value is -3.22. The van der Waals surface area contributed by atoms with Gasteiger partial charge in [0.1, 0.15) is 11.4 Å². The fourth-order valence-corrected chi connectivity index (χ4v) is 2.72. The third-order valence-electron chi connectivity index (χ3n) is 4.19. The van der Waals surface area contributed by atoms with Gasteiger partial charge in [-0.1, -0.05) is 12.1 Å². The Balaban J connectivity index is 1.65. The van der Waals surface area contributed by atoms with E-state index in [-0.39, 0.29) is 11.4 Å². The summed E-state index contributed by atoms with van der Waals surface area (Å²) in [6.07, 6.45) is 4.60. The van der Waals surface area contributed by atoms with Gasteiger partial charge in [-0.2, -0.15) is 9.78 Å². The summed E-state index contributed by atoms with van der Waals surface area (Å²) < 4.78 is 20.8. The van der Waals surface area contributed by atoms with Crippen LogP contribution in [0.2, 0.25) is 0 Å². The normalized spacial score (nSPS) is 14.9. The summed E-state index contributed by atoms with van der Waals surface area (Å²) in [5, 5.41) is 13.3. The van der Waals surface area contributed by atoms with Crippen LogP contribution in [0, 0.1) is 5.82 Å². The van der Waals surface area contributed by atoms with Crippen LogP contribution in [0.4, 0.5) is 4.39 Å². The van der Waals surface area contributed by atoms with Crippen LogP contribution in [0.15, 0.2) is 54.9 Å². The Labute approximate surface area is 142 Å². The maximum atomic E-state index is 13.1. The molecule has 1 aromatic carbocycles. The molecule has 1 saturated carbocycles. The maximum absolute atomic E-state index is 13.1. The molecule has 1 fully saturated rings. The van der Waals surface area contributed by atoms with E-state index < -0.39 is 11.6 Å². The van der Waals surface area contributed by atoms with Gasteiger partial charge in [-0.15, -0.1) is 0 Å². The topological polar surface area (TPSA) is 77.2 Å². The number of carboxylic acid groups (broad SMARTS) is 1. The van der Waals surface area contributed by atoms with Crippen molar-refractivity contribution < 1.29 is 19.0 Å². The van der Waals surface area contributed by atoms with Crippen LogP contribution < -0.4 is 4.74 Å². The smallest absolute Gasteiger partial charge is 0.335 e. The van der Waals surface area contributed by atoms with Gasteiger partial charge in [-0.25, -0.2) is 14.2 Å². The van der Waals surface area contributed by atoms with Gasteiger partial charge in [0.15, 0.2) is 5.82 Å². The number of pyridine rings is 1. The molecule has 1 aliphatic rings. The Morgan fingerprint density at radius 2 is 1.92 bits per heavy atom. The Kier molecular flexibility index (Phi) is 3.49. The summed E-state index contributed by atoms with van der Waals surface area (Å²) in [6.45, 7) is 0. The average molecular weight is 339 g/mol. The summed E-state index contributed by atoms with van der Waals surface area (Å²) in [5.41, 5.74) is 0.510. The third-order valence-corrected chi connectivity index (χ3v) is 4.19. The monoisotopic (exact) mass is 339 g/mol. The minimum Gasteiger partial charge on any atom is -0.478 e. The molecule has 1 N–H and O–H groups in total. The molecular weight excluding hydrogens is 325 g/mol. The number of benzene rings is 1. The summed E-state index contributed by atoms with van der Waals surface area (Å²) >= 11 is 0. The fraction of sp³-hybridized carbons (Fsp3) is 0.167. The van der Waals surface area contributed by atoms with E-state index in [1.165, 1.54) is 35.1 Å². The first-order valence-corrected chi connectivity index (χ1v) is 7.76. The lowest BCUT2D eigenvalue weighted by atomic mass is 10.1. The summed E-state index contributed by atoms with van der Waals surface area (Å²) in [7, 11) is 0. The number of carboxylic acids is 1. The second-order valence-electron chi connectivity index (χ2n) is 5.89. The van der Waals surface area contributed by atoms with Crippen LogP contribution in [-0.2, 0) is 5.60 Å². The van der Waals surface area contributed by atoms with E-state index in [4.69, 9.17) is 9.84 Å². The van der Waals surface area contributed by atoms with E-state index in [1.54, 1.807) is 24.4 Å². The molecule has 0 radical (unpaired) electrons. The van der Waals surface area contributed by atoms with Crippen molar-refractivity contribution in [1.82, 2.24) is 14.8 Å². The number of nitrogens with zero attached hydrogens (tertiary/aromatic N) is 3. The number of ether oxygens (including phenoxy) is 1.